The molecule has 0 aliphatic rings. The maximum atomic E-state index is 11.4. The Morgan fingerprint density at radius 1 is 1.41 bits per heavy atom. The largest absolute Gasteiger partial charge is 0.478 e. The Bertz CT molecular complexity index is 459. The van der Waals surface area contributed by atoms with Gasteiger partial charge in [-0.25, -0.2) is 4.79 Å². The molecule has 2 N–H and O–H groups in total. The van der Waals surface area contributed by atoms with Gasteiger partial charge in [0.15, 0.2) is 0 Å². The van der Waals surface area contributed by atoms with Crippen molar-refractivity contribution >= 4 is 11.9 Å². The summed E-state index contributed by atoms with van der Waals surface area (Å²) in [4.78, 5) is 21.6. The molecule has 0 saturated heterocycles. The molecule has 0 saturated carbocycles. The Labute approximate surface area is 99.1 Å². The lowest BCUT2D eigenvalue weighted by Crippen LogP contribution is -2.25. The van der Waals surface area contributed by atoms with Crippen molar-refractivity contribution < 1.29 is 19.1 Å². The fraction of sp³-hybridized carbons (Fsp3) is 0.333. The monoisotopic (exact) mass is 237 g/mol. The molecular formula is C12H15NO4. The Kier molecular flexibility index (Phi) is 4.09. The van der Waals surface area contributed by atoms with Crippen LogP contribution in [0.2, 0.25) is 0 Å². The number of amides is 1. The smallest absolute Gasteiger partial charge is 0.328 e. The molecule has 1 aromatic rings. The summed E-state index contributed by atoms with van der Waals surface area (Å²) < 4.78 is 5.35. The minimum Gasteiger partial charge on any atom is -0.478 e. The molecule has 0 aromatic carbocycles. The van der Waals surface area contributed by atoms with Crippen LogP contribution in [0.3, 0.4) is 0 Å². The van der Waals surface area contributed by atoms with E-state index >= 15 is 0 Å². The highest BCUT2D eigenvalue weighted by atomic mass is 16.4. The van der Waals surface area contributed by atoms with Crippen molar-refractivity contribution in [3.05, 3.63) is 35.3 Å². The predicted molar refractivity (Wildman–Crippen MR) is 61.5 cm³/mol. The van der Waals surface area contributed by atoms with E-state index in [1.54, 1.807) is 0 Å². The Morgan fingerprint density at radius 3 is 2.53 bits per heavy atom. The molecule has 1 heterocycles. The molecule has 0 aliphatic carbocycles. The number of hydrogen-bond donors (Lipinski definition) is 2. The number of hydrogen-bond acceptors (Lipinski definition) is 3. The SMILES string of the molecule is Cc1cc(C(C)NC(=O)C=CC(=O)O)c(C)o1. The van der Waals surface area contributed by atoms with E-state index in [1.165, 1.54) is 0 Å². The van der Waals surface area contributed by atoms with Crippen LogP contribution in [0.5, 0.6) is 0 Å². The minimum absolute atomic E-state index is 0.224. The van der Waals surface area contributed by atoms with Gasteiger partial charge in [0.05, 0.1) is 6.04 Å². The summed E-state index contributed by atoms with van der Waals surface area (Å²) in [5, 5.41) is 11.0. The van der Waals surface area contributed by atoms with Crippen LogP contribution in [0.1, 0.15) is 30.0 Å². The summed E-state index contributed by atoms with van der Waals surface area (Å²) in [5.41, 5.74) is 0.888. The number of carbonyl (C=O) groups is 2. The lowest BCUT2D eigenvalue weighted by molar-refractivity contribution is -0.131. The van der Waals surface area contributed by atoms with Crippen molar-refractivity contribution in [2.75, 3.05) is 0 Å². The van der Waals surface area contributed by atoms with Gasteiger partial charge in [-0.15, -0.1) is 0 Å². The van der Waals surface area contributed by atoms with Gasteiger partial charge in [0.1, 0.15) is 11.5 Å². The molecule has 0 radical (unpaired) electrons. The molecular weight excluding hydrogens is 222 g/mol. The lowest BCUT2D eigenvalue weighted by Gasteiger charge is -2.11. The standard InChI is InChI=1S/C12H15NO4/c1-7-6-10(9(3)17-7)8(2)13-11(14)4-5-12(15)16/h4-6,8H,1-3H3,(H,13,14)(H,15,16). The van der Waals surface area contributed by atoms with Crippen molar-refractivity contribution in [1.82, 2.24) is 5.32 Å². The van der Waals surface area contributed by atoms with Gasteiger partial charge in [0.2, 0.25) is 5.91 Å². The molecule has 0 spiro atoms. The van der Waals surface area contributed by atoms with E-state index < -0.39 is 11.9 Å². The van der Waals surface area contributed by atoms with E-state index in [0.29, 0.717) is 0 Å². The summed E-state index contributed by atoms with van der Waals surface area (Å²) in [5.74, 6) is -0.0708. The quantitative estimate of drug-likeness (QED) is 0.781. The zero-order valence-electron chi connectivity index (χ0n) is 9.98. The van der Waals surface area contributed by atoms with Crippen LogP contribution in [-0.4, -0.2) is 17.0 Å². The molecule has 1 unspecified atom stereocenters. The highest BCUT2D eigenvalue weighted by molar-refractivity contribution is 5.94. The molecule has 5 heteroatoms. The molecule has 92 valence electrons. The first-order valence-electron chi connectivity index (χ1n) is 5.18. The second-order valence-corrected chi connectivity index (χ2v) is 3.77. The first kappa shape index (κ1) is 13.0. The third kappa shape index (κ3) is 3.79. The summed E-state index contributed by atoms with van der Waals surface area (Å²) in [6.45, 7) is 5.46. The second-order valence-electron chi connectivity index (χ2n) is 3.77. The topological polar surface area (TPSA) is 79.5 Å². The van der Waals surface area contributed by atoms with Crippen molar-refractivity contribution in [3.63, 3.8) is 0 Å². The van der Waals surface area contributed by atoms with Gasteiger partial charge in [-0.2, -0.15) is 0 Å². The zero-order valence-corrected chi connectivity index (χ0v) is 9.98. The average Bonchev–Trinajstić information content (AvgIpc) is 2.55. The van der Waals surface area contributed by atoms with E-state index in [9.17, 15) is 9.59 Å². The van der Waals surface area contributed by atoms with E-state index in [-0.39, 0.29) is 6.04 Å². The first-order valence-corrected chi connectivity index (χ1v) is 5.18. The molecule has 5 nitrogen and oxygen atoms in total. The van der Waals surface area contributed by atoms with Gasteiger partial charge in [0.25, 0.3) is 0 Å². The van der Waals surface area contributed by atoms with Gasteiger partial charge in [-0.1, -0.05) is 0 Å². The third-order valence-electron chi connectivity index (χ3n) is 2.28. The third-order valence-corrected chi connectivity index (χ3v) is 2.28. The van der Waals surface area contributed by atoms with E-state index in [2.05, 4.69) is 5.32 Å². The molecule has 1 amide bonds. The summed E-state index contributed by atoms with van der Waals surface area (Å²) >= 11 is 0. The molecule has 1 atom stereocenters. The zero-order chi connectivity index (χ0) is 13.0. The van der Waals surface area contributed by atoms with Crippen molar-refractivity contribution in [2.45, 2.75) is 26.8 Å². The first-order chi connectivity index (χ1) is 7.90. The number of aryl methyl sites for hydroxylation is 2. The van der Waals surface area contributed by atoms with Gasteiger partial charge >= 0.3 is 5.97 Å². The van der Waals surface area contributed by atoms with Gasteiger partial charge in [-0.3, -0.25) is 4.79 Å². The second kappa shape index (κ2) is 5.34. The highest BCUT2D eigenvalue weighted by Crippen LogP contribution is 2.20. The van der Waals surface area contributed by atoms with Crippen LogP contribution in [0.25, 0.3) is 0 Å². The fourth-order valence-electron chi connectivity index (χ4n) is 1.57. The molecule has 1 rings (SSSR count). The molecule has 0 fully saturated rings. The maximum absolute atomic E-state index is 11.4. The average molecular weight is 237 g/mol. The predicted octanol–water partition coefficient (Wildman–Crippen LogP) is 1.71. The van der Waals surface area contributed by atoms with Crippen LogP contribution in [-0.2, 0) is 9.59 Å². The number of aliphatic carboxylic acids is 1. The number of nitrogens with one attached hydrogen (secondary N) is 1. The van der Waals surface area contributed by atoms with Crippen molar-refractivity contribution in [3.8, 4) is 0 Å². The number of carbonyl (C=O) groups excluding carboxylic acids is 1. The lowest BCUT2D eigenvalue weighted by atomic mass is 10.1. The number of carboxylic acids is 1. The Balaban J connectivity index is 2.66. The number of furan rings is 1. The van der Waals surface area contributed by atoms with E-state index in [4.69, 9.17) is 9.52 Å². The molecule has 1 aromatic heterocycles. The van der Waals surface area contributed by atoms with Crippen molar-refractivity contribution in [2.24, 2.45) is 0 Å². The van der Waals surface area contributed by atoms with E-state index in [0.717, 1.165) is 29.2 Å². The Morgan fingerprint density at radius 2 is 2.06 bits per heavy atom. The molecule has 17 heavy (non-hydrogen) atoms. The fourth-order valence-corrected chi connectivity index (χ4v) is 1.57. The maximum Gasteiger partial charge on any atom is 0.328 e. The van der Waals surface area contributed by atoms with Gasteiger partial charge < -0.3 is 14.8 Å². The summed E-state index contributed by atoms with van der Waals surface area (Å²) in [7, 11) is 0. The molecule has 0 bridgehead atoms. The number of rotatable bonds is 4. The molecule has 0 aliphatic heterocycles. The van der Waals surface area contributed by atoms with Crippen LogP contribution in [0, 0.1) is 13.8 Å². The van der Waals surface area contributed by atoms with Crippen LogP contribution in [0.4, 0.5) is 0 Å². The summed E-state index contributed by atoms with van der Waals surface area (Å²) in [6, 6.07) is 1.62. The van der Waals surface area contributed by atoms with Gasteiger partial charge in [-0.05, 0) is 26.8 Å². The van der Waals surface area contributed by atoms with Crippen LogP contribution < -0.4 is 5.32 Å². The number of carboxylic acid groups (broad SMARTS) is 1. The van der Waals surface area contributed by atoms with Gasteiger partial charge in [0, 0.05) is 17.7 Å². The van der Waals surface area contributed by atoms with Crippen LogP contribution >= 0.6 is 0 Å². The normalized spacial score (nSPS) is 12.6. The van der Waals surface area contributed by atoms with E-state index in [1.807, 2.05) is 26.8 Å². The highest BCUT2D eigenvalue weighted by Gasteiger charge is 2.13. The van der Waals surface area contributed by atoms with Crippen molar-refractivity contribution in [1.29, 1.82) is 0 Å². The Hall–Kier alpha value is -2.04. The minimum atomic E-state index is -1.15. The summed E-state index contributed by atoms with van der Waals surface area (Å²) in [6.07, 6.45) is 1.79. The van der Waals surface area contributed by atoms with Crippen LogP contribution in [0.15, 0.2) is 22.6 Å².